The van der Waals surface area contributed by atoms with Crippen LogP contribution >= 0.6 is 0 Å². The molecule has 0 fully saturated rings. The average molecular weight is 173 g/mol. The van der Waals surface area contributed by atoms with Crippen LogP contribution in [0, 0.1) is 6.92 Å². The first kappa shape index (κ1) is 11.9. The zero-order valence-electron chi connectivity index (χ0n) is 8.18. The number of rotatable bonds is 9. The van der Waals surface area contributed by atoms with Gasteiger partial charge in [-0.3, -0.25) is 0 Å². The fourth-order valence-corrected chi connectivity index (χ4v) is 0.953. The van der Waals surface area contributed by atoms with E-state index in [-0.39, 0.29) is 0 Å². The Morgan fingerprint density at radius 1 is 0.917 bits per heavy atom. The van der Waals surface area contributed by atoms with Crippen LogP contribution in [-0.4, -0.2) is 26.4 Å². The Morgan fingerprint density at radius 3 is 2.33 bits per heavy atom. The van der Waals surface area contributed by atoms with Crippen molar-refractivity contribution in [3.05, 3.63) is 6.92 Å². The van der Waals surface area contributed by atoms with E-state index >= 15 is 0 Å². The standard InChI is InChI=1S/C10H21O2/c1-3-5-6-7-8-12-10-9-11-4-2/h2-10H2,1H3. The van der Waals surface area contributed by atoms with Crippen LogP contribution < -0.4 is 0 Å². The molecule has 0 aliphatic carbocycles. The minimum Gasteiger partial charge on any atom is -0.379 e. The predicted octanol–water partition coefficient (Wildman–Crippen LogP) is 2.43. The fourth-order valence-electron chi connectivity index (χ4n) is 0.953. The van der Waals surface area contributed by atoms with E-state index in [2.05, 4.69) is 13.8 Å². The van der Waals surface area contributed by atoms with E-state index in [0.717, 1.165) is 6.61 Å². The summed E-state index contributed by atoms with van der Waals surface area (Å²) in [6.07, 6.45) is 5.06. The monoisotopic (exact) mass is 173 g/mol. The van der Waals surface area contributed by atoms with Gasteiger partial charge in [0, 0.05) is 13.2 Å². The number of unbranched alkanes of at least 4 members (excludes halogenated alkanes) is 3. The van der Waals surface area contributed by atoms with E-state index in [4.69, 9.17) is 9.47 Å². The van der Waals surface area contributed by atoms with Crippen molar-refractivity contribution in [1.82, 2.24) is 0 Å². The third-order valence-corrected chi connectivity index (χ3v) is 1.66. The van der Waals surface area contributed by atoms with Gasteiger partial charge in [-0.1, -0.05) is 26.2 Å². The van der Waals surface area contributed by atoms with E-state index in [0.29, 0.717) is 19.8 Å². The predicted molar refractivity (Wildman–Crippen MR) is 51.1 cm³/mol. The Labute approximate surface area is 76.3 Å². The Balaban J connectivity index is 2.73. The summed E-state index contributed by atoms with van der Waals surface area (Å²) in [6, 6.07) is 0. The molecule has 0 amide bonds. The molecular weight excluding hydrogens is 152 g/mol. The third kappa shape index (κ3) is 9.92. The van der Waals surface area contributed by atoms with Gasteiger partial charge in [0.25, 0.3) is 0 Å². The molecule has 0 aromatic rings. The maximum absolute atomic E-state index is 5.33. The first-order valence-electron chi connectivity index (χ1n) is 4.86. The zero-order chi connectivity index (χ0) is 9.07. The number of ether oxygens (including phenoxy) is 2. The molecule has 2 nitrogen and oxygen atoms in total. The smallest absolute Gasteiger partial charge is 0.0700 e. The second-order valence-corrected chi connectivity index (χ2v) is 2.79. The van der Waals surface area contributed by atoms with Gasteiger partial charge in [-0.05, 0) is 13.3 Å². The van der Waals surface area contributed by atoms with Crippen LogP contribution in [0.15, 0.2) is 0 Å². The van der Waals surface area contributed by atoms with Gasteiger partial charge < -0.3 is 9.47 Å². The first-order chi connectivity index (χ1) is 5.91. The van der Waals surface area contributed by atoms with Crippen LogP contribution in [0.4, 0.5) is 0 Å². The number of hydrogen-bond acceptors (Lipinski definition) is 2. The molecule has 0 aromatic carbocycles. The Morgan fingerprint density at radius 2 is 1.67 bits per heavy atom. The van der Waals surface area contributed by atoms with Crippen LogP contribution in [-0.2, 0) is 9.47 Å². The van der Waals surface area contributed by atoms with Gasteiger partial charge in [-0.25, -0.2) is 0 Å². The lowest BCUT2D eigenvalue weighted by atomic mass is 10.2. The van der Waals surface area contributed by atoms with Crippen LogP contribution in [0.5, 0.6) is 0 Å². The normalized spacial score (nSPS) is 10.5. The van der Waals surface area contributed by atoms with E-state index in [1.807, 2.05) is 0 Å². The summed E-state index contributed by atoms with van der Waals surface area (Å²) >= 11 is 0. The minimum absolute atomic E-state index is 0.541. The van der Waals surface area contributed by atoms with Crippen molar-refractivity contribution in [1.29, 1.82) is 0 Å². The third-order valence-electron chi connectivity index (χ3n) is 1.66. The van der Waals surface area contributed by atoms with Crippen molar-refractivity contribution in [3.63, 3.8) is 0 Å². The number of hydrogen-bond donors (Lipinski definition) is 0. The van der Waals surface area contributed by atoms with E-state index in [9.17, 15) is 0 Å². The average Bonchev–Trinajstić information content (AvgIpc) is 2.10. The molecule has 0 aliphatic rings. The molecule has 0 rings (SSSR count). The topological polar surface area (TPSA) is 18.5 Å². The first-order valence-corrected chi connectivity index (χ1v) is 4.86. The molecule has 0 spiro atoms. The van der Waals surface area contributed by atoms with Crippen molar-refractivity contribution >= 4 is 0 Å². The second kappa shape index (κ2) is 10.9. The van der Waals surface area contributed by atoms with Crippen LogP contribution in [0.1, 0.15) is 32.6 Å². The molecule has 0 atom stereocenters. The molecule has 0 N–H and O–H groups in total. The zero-order valence-corrected chi connectivity index (χ0v) is 8.18. The lowest BCUT2D eigenvalue weighted by Gasteiger charge is -2.03. The quantitative estimate of drug-likeness (QED) is 0.499. The molecule has 12 heavy (non-hydrogen) atoms. The summed E-state index contributed by atoms with van der Waals surface area (Å²) in [7, 11) is 0. The van der Waals surface area contributed by atoms with Gasteiger partial charge in [0.05, 0.1) is 13.2 Å². The summed E-state index contributed by atoms with van der Waals surface area (Å²) in [6.45, 7) is 8.58. The van der Waals surface area contributed by atoms with Crippen molar-refractivity contribution in [3.8, 4) is 0 Å². The molecule has 2 heteroatoms. The SMILES string of the molecule is [CH2]COCCOCCCCCC. The van der Waals surface area contributed by atoms with Crippen molar-refractivity contribution in [2.24, 2.45) is 0 Å². The Hall–Kier alpha value is -0.0800. The van der Waals surface area contributed by atoms with Gasteiger partial charge in [0.2, 0.25) is 0 Å². The molecule has 73 valence electrons. The van der Waals surface area contributed by atoms with Crippen molar-refractivity contribution in [2.45, 2.75) is 32.6 Å². The Bertz CT molecular complexity index is 64.2. The van der Waals surface area contributed by atoms with E-state index in [1.54, 1.807) is 0 Å². The minimum atomic E-state index is 0.541. The second-order valence-electron chi connectivity index (χ2n) is 2.79. The molecule has 1 radical (unpaired) electrons. The molecule has 0 saturated heterocycles. The van der Waals surface area contributed by atoms with Crippen molar-refractivity contribution < 1.29 is 9.47 Å². The van der Waals surface area contributed by atoms with Crippen LogP contribution in [0.3, 0.4) is 0 Å². The highest BCUT2D eigenvalue weighted by molar-refractivity contribution is 4.39. The van der Waals surface area contributed by atoms with Crippen molar-refractivity contribution in [2.75, 3.05) is 26.4 Å². The molecule has 0 aliphatic heterocycles. The highest BCUT2D eigenvalue weighted by atomic mass is 16.5. The van der Waals surface area contributed by atoms with Gasteiger partial charge in [0.1, 0.15) is 0 Å². The lowest BCUT2D eigenvalue weighted by Crippen LogP contribution is -2.04. The Kier molecular flexibility index (Phi) is 10.8. The summed E-state index contributed by atoms with van der Waals surface area (Å²) in [5, 5.41) is 0. The summed E-state index contributed by atoms with van der Waals surface area (Å²) in [5.41, 5.74) is 0. The summed E-state index contributed by atoms with van der Waals surface area (Å²) < 4.78 is 10.4. The summed E-state index contributed by atoms with van der Waals surface area (Å²) in [4.78, 5) is 0. The van der Waals surface area contributed by atoms with Gasteiger partial charge in [-0.15, -0.1) is 0 Å². The maximum atomic E-state index is 5.33. The van der Waals surface area contributed by atoms with Crippen LogP contribution in [0.2, 0.25) is 0 Å². The lowest BCUT2D eigenvalue weighted by molar-refractivity contribution is 0.0562. The highest BCUT2D eigenvalue weighted by Gasteiger charge is 1.89. The van der Waals surface area contributed by atoms with Gasteiger partial charge in [0.15, 0.2) is 0 Å². The van der Waals surface area contributed by atoms with E-state index < -0.39 is 0 Å². The molecule has 0 unspecified atom stereocenters. The largest absolute Gasteiger partial charge is 0.379 e. The van der Waals surface area contributed by atoms with Crippen LogP contribution in [0.25, 0.3) is 0 Å². The highest BCUT2D eigenvalue weighted by Crippen LogP contribution is 1.98. The van der Waals surface area contributed by atoms with Gasteiger partial charge >= 0.3 is 0 Å². The molecular formula is C10H21O2. The van der Waals surface area contributed by atoms with E-state index in [1.165, 1.54) is 25.7 Å². The molecule has 0 bridgehead atoms. The van der Waals surface area contributed by atoms with Gasteiger partial charge in [-0.2, -0.15) is 0 Å². The fraction of sp³-hybridized carbons (Fsp3) is 0.900. The maximum Gasteiger partial charge on any atom is 0.0700 e. The molecule has 0 aromatic heterocycles. The molecule has 0 saturated carbocycles. The molecule has 0 heterocycles. The summed E-state index contributed by atoms with van der Waals surface area (Å²) in [5.74, 6) is 0.